The van der Waals surface area contributed by atoms with Crippen molar-refractivity contribution in [3.05, 3.63) is 36.8 Å². The number of ether oxygens (including phenoxy) is 1. The normalized spacial score (nSPS) is 10.8. The van der Waals surface area contributed by atoms with Gasteiger partial charge in [0.1, 0.15) is 5.75 Å². The minimum absolute atomic E-state index is 0.473. The standard InChI is InChI=1S/C13H21N2O/c1-4-16-13-7-5-12(6-8-13)11-14-9-10-15(2)3/h5-8,14H,1,4,9-11H2,2-3H3. The lowest BCUT2D eigenvalue weighted by atomic mass is 10.2. The highest BCUT2D eigenvalue weighted by Gasteiger charge is 1.95. The molecule has 0 atom stereocenters. The zero-order chi connectivity index (χ0) is 11.8. The van der Waals surface area contributed by atoms with Gasteiger partial charge in [-0.15, -0.1) is 0 Å². The van der Waals surface area contributed by atoms with Crippen LogP contribution in [0.4, 0.5) is 0 Å². The van der Waals surface area contributed by atoms with Gasteiger partial charge in [-0.1, -0.05) is 12.1 Å². The maximum Gasteiger partial charge on any atom is 0.119 e. The van der Waals surface area contributed by atoms with Gasteiger partial charge in [-0.2, -0.15) is 0 Å². The molecule has 0 saturated carbocycles. The van der Waals surface area contributed by atoms with E-state index in [-0.39, 0.29) is 0 Å². The van der Waals surface area contributed by atoms with Crippen LogP contribution in [0.2, 0.25) is 0 Å². The van der Waals surface area contributed by atoms with Gasteiger partial charge >= 0.3 is 0 Å². The molecule has 0 saturated heterocycles. The predicted molar refractivity (Wildman–Crippen MR) is 67.6 cm³/mol. The zero-order valence-electron chi connectivity index (χ0n) is 10.2. The van der Waals surface area contributed by atoms with Gasteiger partial charge in [0.2, 0.25) is 0 Å². The van der Waals surface area contributed by atoms with Gasteiger partial charge in [-0.25, -0.2) is 0 Å². The van der Waals surface area contributed by atoms with Crippen molar-refractivity contribution in [1.29, 1.82) is 0 Å². The third-order valence-corrected chi connectivity index (χ3v) is 2.26. The van der Waals surface area contributed by atoms with Crippen molar-refractivity contribution in [3.8, 4) is 5.75 Å². The van der Waals surface area contributed by atoms with Gasteiger partial charge < -0.3 is 15.0 Å². The first kappa shape index (κ1) is 13.0. The van der Waals surface area contributed by atoms with Crippen LogP contribution in [-0.2, 0) is 6.54 Å². The molecule has 0 fully saturated rings. The highest BCUT2D eigenvalue weighted by atomic mass is 16.5. The Bertz CT molecular complexity index is 282. The Morgan fingerprint density at radius 2 is 1.94 bits per heavy atom. The first-order valence-corrected chi connectivity index (χ1v) is 5.59. The number of rotatable bonds is 7. The topological polar surface area (TPSA) is 24.5 Å². The third kappa shape index (κ3) is 5.14. The molecule has 1 aromatic rings. The van der Waals surface area contributed by atoms with Crippen LogP contribution in [0.3, 0.4) is 0 Å². The molecule has 0 aliphatic carbocycles. The van der Waals surface area contributed by atoms with Crippen molar-refractivity contribution in [1.82, 2.24) is 10.2 Å². The molecule has 0 aromatic heterocycles. The molecule has 1 N–H and O–H groups in total. The van der Waals surface area contributed by atoms with Gasteiger partial charge in [-0.05, 0) is 38.7 Å². The summed E-state index contributed by atoms with van der Waals surface area (Å²) in [5.74, 6) is 0.882. The Balaban J connectivity index is 2.26. The van der Waals surface area contributed by atoms with Crippen LogP contribution in [0.5, 0.6) is 5.75 Å². The van der Waals surface area contributed by atoms with Crippen molar-refractivity contribution in [2.24, 2.45) is 0 Å². The van der Waals surface area contributed by atoms with E-state index in [1.165, 1.54) is 5.56 Å². The van der Waals surface area contributed by atoms with Crippen LogP contribution in [0, 0.1) is 6.92 Å². The lowest BCUT2D eigenvalue weighted by molar-refractivity contribution is 0.361. The van der Waals surface area contributed by atoms with Gasteiger partial charge in [0.25, 0.3) is 0 Å². The molecular formula is C13H21N2O. The molecule has 1 radical (unpaired) electrons. The number of nitrogens with zero attached hydrogens (tertiary/aromatic N) is 1. The van der Waals surface area contributed by atoms with Gasteiger partial charge in [0.15, 0.2) is 0 Å². The van der Waals surface area contributed by atoms with Gasteiger partial charge in [-0.3, -0.25) is 0 Å². The van der Waals surface area contributed by atoms with Gasteiger partial charge in [0, 0.05) is 19.6 Å². The summed E-state index contributed by atoms with van der Waals surface area (Å²) < 4.78 is 5.28. The number of likely N-dealkylation sites (N-methyl/N-ethyl adjacent to an activating group) is 1. The molecular weight excluding hydrogens is 200 g/mol. The second kappa shape index (κ2) is 7.25. The van der Waals surface area contributed by atoms with E-state index >= 15 is 0 Å². The van der Waals surface area contributed by atoms with Crippen LogP contribution in [0.15, 0.2) is 24.3 Å². The van der Waals surface area contributed by atoms with E-state index in [1.807, 2.05) is 12.1 Å². The van der Waals surface area contributed by atoms with E-state index in [2.05, 4.69) is 43.4 Å². The largest absolute Gasteiger partial charge is 0.494 e. The minimum Gasteiger partial charge on any atom is -0.494 e. The highest BCUT2D eigenvalue weighted by molar-refractivity contribution is 5.27. The Hall–Kier alpha value is -1.06. The maximum atomic E-state index is 5.28. The SMILES string of the molecule is [CH2]COc1ccc(CNCCN(C)C)cc1. The monoisotopic (exact) mass is 221 g/mol. The molecule has 16 heavy (non-hydrogen) atoms. The summed E-state index contributed by atoms with van der Waals surface area (Å²) in [6, 6.07) is 8.11. The van der Waals surface area contributed by atoms with E-state index in [4.69, 9.17) is 4.74 Å². The smallest absolute Gasteiger partial charge is 0.119 e. The quantitative estimate of drug-likeness (QED) is 0.707. The van der Waals surface area contributed by atoms with Crippen LogP contribution in [0.1, 0.15) is 5.56 Å². The molecule has 89 valence electrons. The first-order chi connectivity index (χ1) is 7.72. The fourth-order valence-corrected chi connectivity index (χ4v) is 1.36. The summed E-state index contributed by atoms with van der Waals surface area (Å²) in [5.41, 5.74) is 1.27. The van der Waals surface area contributed by atoms with Crippen LogP contribution < -0.4 is 10.1 Å². The molecule has 0 spiro atoms. The molecule has 0 unspecified atom stereocenters. The van der Waals surface area contributed by atoms with Crippen molar-refractivity contribution in [2.45, 2.75) is 6.54 Å². The fourth-order valence-electron chi connectivity index (χ4n) is 1.36. The summed E-state index contributed by atoms with van der Waals surface area (Å²) in [7, 11) is 4.15. The number of nitrogens with one attached hydrogen (secondary N) is 1. The van der Waals surface area contributed by atoms with E-state index in [9.17, 15) is 0 Å². The predicted octanol–water partition coefficient (Wildman–Crippen LogP) is 1.55. The maximum absolute atomic E-state index is 5.28. The van der Waals surface area contributed by atoms with E-state index < -0.39 is 0 Å². The Morgan fingerprint density at radius 1 is 1.25 bits per heavy atom. The van der Waals surface area contributed by atoms with Crippen LogP contribution >= 0.6 is 0 Å². The number of hydrogen-bond acceptors (Lipinski definition) is 3. The number of hydrogen-bond donors (Lipinski definition) is 1. The lowest BCUT2D eigenvalue weighted by Crippen LogP contribution is -2.26. The van der Waals surface area contributed by atoms with Crippen molar-refractivity contribution < 1.29 is 4.74 Å². The molecule has 1 rings (SSSR count). The first-order valence-electron chi connectivity index (χ1n) is 5.59. The Morgan fingerprint density at radius 3 is 2.50 bits per heavy atom. The van der Waals surface area contributed by atoms with Crippen molar-refractivity contribution >= 4 is 0 Å². The zero-order valence-corrected chi connectivity index (χ0v) is 10.2. The Kier molecular flexibility index (Phi) is 5.90. The summed E-state index contributed by atoms with van der Waals surface area (Å²) in [6.07, 6.45) is 0. The van der Waals surface area contributed by atoms with E-state index in [0.29, 0.717) is 6.61 Å². The second-order valence-electron chi connectivity index (χ2n) is 3.97. The molecule has 0 bridgehead atoms. The summed E-state index contributed by atoms with van der Waals surface area (Å²) in [4.78, 5) is 2.16. The van der Waals surface area contributed by atoms with Crippen LogP contribution in [0.25, 0.3) is 0 Å². The van der Waals surface area contributed by atoms with E-state index in [0.717, 1.165) is 25.4 Å². The van der Waals surface area contributed by atoms with Crippen molar-refractivity contribution in [3.63, 3.8) is 0 Å². The Labute approximate surface area is 98.4 Å². The third-order valence-electron chi connectivity index (χ3n) is 2.26. The molecule has 3 heteroatoms. The highest BCUT2D eigenvalue weighted by Crippen LogP contribution is 2.11. The lowest BCUT2D eigenvalue weighted by Gasteiger charge is -2.10. The molecule has 3 nitrogen and oxygen atoms in total. The second-order valence-corrected chi connectivity index (χ2v) is 3.97. The van der Waals surface area contributed by atoms with Crippen LogP contribution in [-0.4, -0.2) is 38.7 Å². The van der Waals surface area contributed by atoms with Crippen molar-refractivity contribution in [2.75, 3.05) is 33.8 Å². The van der Waals surface area contributed by atoms with E-state index in [1.54, 1.807) is 0 Å². The molecule has 0 aliphatic heterocycles. The average molecular weight is 221 g/mol. The summed E-state index contributed by atoms with van der Waals surface area (Å²) in [5, 5.41) is 3.39. The molecule has 1 aromatic carbocycles. The molecule has 0 heterocycles. The average Bonchev–Trinajstić information content (AvgIpc) is 2.27. The summed E-state index contributed by atoms with van der Waals surface area (Å²) in [6.45, 7) is 7.08. The molecule has 0 aliphatic rings. The molecule has 0 amide bonds. The fraction of sp³-hybridized carbons (Fsp3) is 0.462. The van der Waals surface area contributed by atoms with Gasteiger partial charge in [0.05, 0.1) is 6.61 Å². The minimum atomic E-state index is 0.473. The number of benzene rings is 1. The summed E-state index contributed by atoms with van der Waals surface area (Å²) >= 11 is 0.